The minimum atomic E-state index is -1.13. The average molecular weight is 341 g/mol. The van der Waals surface area contributed by atoms with Crippen LogP contribution in [0.2, 0.25) is 5.02 Å². The number of nitrogens with zero attached hydrogens (tertiary/aromatic N) is 2. The number of rotatable bonds is 5. The van der Waals surface area contributed by atoms with Gasteiger partial charge in [-0.25, -0.2) is 8.78 Å². The van der Waals surface area contributed by atoms with Gasteiger partial charge in [0.05, 0.1) is 28.9 Å². The molecule has 0 fully saturated rings. The predicted molar refractivity (Wildman–Crippen MR) is 82.3 cm³/mol. The SMILES string of the molecule is COCC(c1ccccn1)N(C)C(=O)c1cc(F)c(F)cc1Cl. The van der Waals surface area contributed by atoms with Crippen LogP contribution in [0.15, 0.2) is 36.5 Å². The van der Waals surface area contributed by atoms with E-state index < -0.39 is 23.6 Å². The number of likely N-dealkylation sites (N-methyl/N-ethyl adjacent to an activating group) is 1. The largest absolute Gasteiger partial charge is 0.382 e. The van der Waals surface area contributed by atoms with Crippen LogP contribution in [0, 0.1) is 11.6 Å². The third-order valence-corrected chi connectivity index (χ3v) is 3.69. The lowest BCUT2D eigenvalue weighted by Gasteiger charge is -2.27. The maximum atomic E-state index is 13.4. The number of aromatic nitrogens is 1. The summed E-state index contributed by atoms with van der Waals surface area (Å²) >= 11 is 5.87. The zero-order valence-corrected chi connectivity index (χ0v) is 13.3. The number of benzene rings is 1. The van der Waals surface area contributed by atoms with E-state index in [1.165, 1.54) is 19.1 Å². The number of methoxy groups -OCH3 is 1. The van der Waals surface area contributed by atoms with Crippen molar-refractivity contribution in [2.75, 3.05) is 20.8 Å². The number of carbonyl (C=O) groups excluding carboxylic acids is 1. The zero-order valence-electron chi connectivity index (χ0n) is 12.6. The van der Waals surface area contributed by atoms with Crippen LogP contribution in [0.5, 0.6) is 0 Å². The van der Waals surface area contributed by atoms with Gasteiger partial charge in [0.1, 0.15) is 0 Å². The Morgan fingerprint density at radius 1 is 1.35 bits per heavy atom. The molecule has 23 heavy (non-hydrogen) atoms. The number of hydrogen-bond donors (Lipinski definition) is 0. The molecule has 0 spiro atoms. The molecular weight excluding hydrogens is 326 g/mol. The van der Waals surface area contributed by atoms with Crippen LogP contribution in [-0.4, -0.2) is 36.6 Å². The Morgan fingerprint density at radius 3 is 2.65 bits per heavy atom. The monoisotopic (exact) mass is 340 g/mol. The Hall–Kier alpha value is -2.05. The summed E-state index contributed by atoms with van der Waals surface area (Å²) in [5, 5.41) is -0.155. The standard InChI is InChI=1S/C16H15ClF2N2O2/c1-21(15(9-23-2)14-5-3-4-6-20-14)16(22)10-7-12(18)13(19)8-11(10)17/h3-8,15H,9H2,1-2H3. The number of amides is 1. The second kappa shape index (κ2) is 7.48. The van der Waals surface area contributed by atoms with Crippen LogP contribution in [0.25, 0.3) is 0 Å². The minimum absolute atomic E-state index is 0.120. The Bertz CT molecular complexity index is 698. The van der Waals surface area contributed by atoms with Crippen LogP contribution in [0.3, 0.4) is 0 Å². The molecule has 0 saturated carbocycles. The topological polar surface area (TPSA) is 42.4 Å². The van der Waals surface area contributed by atoms with Gasteiger partial charge in [0.25, 0.3) is 5.91 Å². The third-order valence-electron chi connectivity index (χ3n) is 3.38. The molecule has 4 nitrogen and oxygen atoms in total. The van der Waals surface area contributed by atoms with Crippen molar-refractivity contribution in [2.45, 2.75) is 6.04 Å². The molecule has 1 unspecified atom stereocenters. The van der Waals surface area contributed by atoms with Crippen LogP contribution in [0.4, 0.5) is 8.78 Å². The van der Waals surface area contributed by atoms with Crippen molar-refractivity contribution in [3.05, 3.63) is 64.4 Å². The summed E-state index contributed by atoms with van der Waals surface area (Å²) in [5.41, 5.74) is 0.494. The molecule has 1 aromatic heterocycles. The lowest BCUT2D eigenvalue weighted by atomic mass is 10.1. The maximum absolute atomic E-state index is 13.4. The molecule has 122 valence electrons. The van der Waals surface area contributed by atoms with Crippen LogP contribution < -0.4 is 0 Å². The number of pyridine rings is 1. The highest BCUT2D eigenvalue weighted by atomic mass is 35.5. The summed E-state index contributed by atoms with van der Waals surface area (Å²) in [7, 11) is 3.02. The average Bonchev–Trinajstić information content (AvgIpc) is 2.55. The fraction of sp³-hybridized carbons (Fsp3) is 0.250. The van der Waals surface area contributed by atoms with E-state index in [0.717, 1.165) is 12.1 Å². The molecule has 0 radical (unpaired) electrons. The first kappa shape index (κ1) is 17.3. The highest BCUT2D eigenvalue weighted by Crippen LogP contribution is 2.25. The van der Waals surface area contributed by atoms with E-state index >= 15 is 0 Å². The van der Waals surface area contributed by atoms with Crippen molar-refractivity contribution in [3.63, 3.8) is 0 Å². The summed E-state index contributed by atoms with van der Waals surface area (Å²) in [4.78, 5) is 18.1. The van der Waals surface area contributed by atoms with Crippen molar-refractivity contribution in [1.82, 2.24) is 9.88 Å². The summed E-state index contributed by atoms with van der Waals surface area (Å²) in [6, 6.07) is 6.37. The van der Waals surface area contributed by atoms with Crippen LogP contribution >= 0.6 is 11.6 Å². The van der Waals surface area contributed by atoms with E-state index in [9.17, 15) is 13.6 Å². The molecular formula is C16H15ClF2N2O2. The molecule has 0 bridgehead atoms. The van der Waals surface area contributed by atoms with Crippen LogP contribution in [0.1, 0.15) is 22.1 Å². The Morgan fingerprint density at radius 2 is 2.04 bits per heavy atom. The van der Waals surface area contributed by atoms with Crippen molar-refractivity contribution in [2.24, 2.45) is 0 Å². The lowest BCUT2D eigenvalue weighted by molar-refractivity contribution is 0.0594. The van der Waals surface area contributed by atoms with Gasteiger partial charge < -0.3 is 9.64 Å². The van der Waals surface area contributed by atoms with Crippen LogP contribution in [-0.2, 0) is 4.74 Å². The maximum Gasteiger partial charge on any atom is 0.255 e. The summed E-state index contributed by atoms with van der Waals surface area (Å²) in [5.74, 6) is -2.79. The first-order chi connectivity index (χ1) is 11.0. The smallest absolute Gasteiger partial charge is 0.255 e. The highest BCUT2D eigenvalue weighted by molar-refractivity contribution is 6.33. The molecule has 0 aliphatic heterocycles. The molecule has 1 atom stereocenters. The molecule has 2 aromatic rings. The lowest BCUT2D eigenvalue weighted by Crippen LogP contribution is -2.34. The molecule has 7 heteroatoms. The second-order valence-electron chi connectivity index (χ2n) is 4.89. The van der Waals surface area contributed by atoms with Gasteiger partial charge in [0.15, 0.2) is 11.6 Å². The fourth-order valence-corrected chi connectivity index (χ4v) is 2.38. The van der Waals surface area contributed by atoms with Gasteiger partial charge in [0, 0.05) is 20.4 Å². The van der Waals surface area contributed by atoms with Gasteiger partial charge in [-0.3, -0.25) is 9.78 Å². The van der Waals surface area contributed by atoms with E-state index in [4.69, 9.17) is 16.3 Å². The number of halogens is 3. The molecule has 1 heterocycles. The highest BCUT2D eigenvalue weighted by Gasteiger charge is 2.26. The van der Waals surface area contributed by atoms with Crippen molar-refractivity contribution >= 4 is 17.5 Å². The van der Waals surface area contributed by atoms with Gasteiger partial charge in [-0.05, 0) is 24.3 Å². The Labute approximate surface area is 137 Å². The van der Waals surface area contributed by atoms with Crippen molar-refractivity contribution in [3.8, 4) is 0 Å². The van der Waals surface area contributed by atoms with E-state index in [1.807, 2.05) is 0 Å². The summed E-state index contributed by atoms with van der Waals surface area (Å²) in [6.45, 7) is 0.195. The third kappa shape index (κ3) is 3.83. The first-order valence-corrected chi connectivity index (χ1v) is 7.15. The molecule has 1 amide bonds. The first-order valence-electron chi connectivity index (χ1n) is 6.77. The molecule has 0 aliphatic carbocycles. The zero-order chi connectivity index (χ0) is 17.0. The van der Waals surface area contributed by atoms with E-state index in [-0.39, 0.29) is 17.2 Å². The molecule has 1 aromatic carbocycles. The predicted octanol–water partition coefficient (Wildman–Crippen LogP) is 3.47. The molecule has 2 rings (SSSR count). The van der Waals surface area contributed by atoms with Gasteiger partial charge in [-0.2, -0.15) is 0 Å². The molecule has 0 aliphatic rings. The fourth-order valence-electron chi connectivity index (χ4n) is 2.14. The number of hydrogen-bond acceptors (Lipinski definition) is 3. The van der Waals surface area contributed by atoms with E-state index in [0.29, 0.717) is 5.69 Å². The summed E-state index contributed by atoms with van der Waals surface area (Å²) in [6.07, 6.45) is 1.60. The van der Waals surface area contributed by atoms with Crippen molar-refractivity contribution in [1.29, 1.82) is 0 Å². The normalized spacial score (nSPS) is 12.0. The number of carbonyl (C=O) groups is 1. The van der Waals surface area contributed by atoms with Gasteiger partial charge in [-0.1, -0.05) is 17.7 Å². The van der Waals surface area contributed by atoms with Gasteiger partial charge in [0.2, 0.25) is 0 Å². The number of ether oxygens (including phenoxy) is 1. The van der Waals surface area contributed by atoms with Gasteiger partial charge in [-0.15, -0.1) is 0 Å². The quantitative estimate of drug-likeness (QED) is 0.783. The minimum Gasteiger partial charge on any atom is -0.382 e. The van der Waals surface area contributed by atoms with Crippen molar-refractivity contribution < 1.29 is 18.3 Å². The second-order valence-corrected chi connectivity index (χ2v) is 5.30. The molecule has 0 saturated heterocycles. The van der Waals surface area contributed by atoms with E-state index in [1.54, 1.807) is 24.4 Å². The van der Waals surface area contributed by atoms with Gasteiger partial charge >= 0.3 is 0 Å². The Kier molecular flexibility index (Phi) is 5.63. The molecule has 0 N–H and O–H groups in total. The van der Waals surface area contributed by atoms with E-state index in [2.05, 4.69) is 4.98 Å². The Balaban J connectivity index is 2.35. The summed E-state index contributed by atoms with van der Waals surface area (Å²) < 4.78 is 31.7.